The fourth-order valence-electron chi connectivity index (χ4n) is 2.91. The monoisotopic (exact) mass is 304 g/mol. The van der Waals surface area contributed by atoms with E-state index in [1.54, 1.807) is 6.08 Å². The van der Waals surface area contributed by atoms with Gasteiger partial charge in [0.2, 0.25) is 5.91 Å². The molecule has 0 radical (unpaired) electrons. The van der Waals surface area contributed by atoms with Gasteiger partial charge in [0.25, 0.3) is 0 Å². The molecule has 1 amide bonds. The van der Waals surface area contributed by atoms with Crippen LogP contribution in [0.2, 0.25) is 0 Å². The number of hydrogen-bond donors (Lipinski definition) is 1. The smallest absolute Gasteiger partial charge is 0.244 e. The minimum Gasteiger partial charge on any atom is -0.462 e. The molecule has 1 N–H and O–H groups in total. The van der Waals surface area contributed by atoms with Crippen LogP contribution in [-0.2, 0) is 4.79 Å². The summed E-state index contributed by atoms with van der Waals surface area (Å²) < 4.78 is 5.41. The third-order valence-electron chi connectivity index (χ3n) is 4.37. The molecular formula is C18H28N2O2. The number of nitrogens with one attached hydrogen (secondary N) is 1. The summed E-state index contributed by atoms with van der Waals surface area (Å²) >= 11 is 0. The Labute approximate surface area is 133 Å². The van der Waals surface area contributed by atoms with Gasteiger partial charge < -0.3 is 9.73 Å². The fourth-order valence-corrected chi connectivity index (χ4v) is 2.91. The number of carbonyl (C=O) groups is 1. The Balaban J connectivity index is 1.82. The van der Waals surface area contributed by atoms with E-state index in [1.807, 2.05) is 19.1 Å². The van der Waals surface area contributed by atoms with Gasteiger partial charge in [-0.25, -0.2) is 0 Å². The van der Waals surface area contributed by atoms with Crippen molar-refractivity contribution in [1.82, 2.24) is 10.2 Å². The predicted molar refractivity (Wildman–Crippen MR) is 89.5 cm³/mol. The van der Waals surface area contributed by atoms with Gasteiger partial charge in [-0.2, -0.15) is 0 Å². The van der Waals surface area contributed by atoms with Crippen LogP contribution in [-0.4, -0.2) is 36.0 Å². The summed E-state index contributed by atoms with van der Waals surface area (Å²) in [6, 6.07) is 3.75. The van der Waals surface area contributed by atoms with Crippen LogP contribution < -0.4 is 5.32 Å². The number of nitrogens with zero attached hydrogens (tertiary/aromatic N) is 1. The third-order valence-corrected chi connectivity index (χ3v) is 4.37. The van der Waals surface area contributed by atoms with E-state index in [-0.39, 0.29) is 11.4 Å². The summed E-state index contributed by atoms with van der Waals surface area (Å²) in [5.74, 6) is 2.22. The van der Waals surface area contributed by atoms with E-state index in [2.05, 4.69) is 31.0 Å². The van der Waals surface area contributed by atoms with Gasteiger partial charge in [-0.1, -0.05) is 6.92 Å². The van der Waals surface area contributed by atoms with Gasteiger partial charge in [-0.3, -0.25) is 9.69 Å². The molecule has 1 aromatic heterocycles. The topological polar surface area (TPSA) is 45.5 Å². The molecule has 1 aliphatic rings. The Morgan fingerprint density at radius 1 is 1.50 bits per heavy atom. The minimum absolute atomic E-state index is 0.0144. The van der Waals surface area contributed by atoms with Crippen molar-refractivity contribution in [2.24, 2.45) is 5.92 Å². The maximum absolute atomic E-state index is 12.0. The number of aryl methyl sites for hydroxylation is 1. The molecule has 0 unspecified atom stereocenters. The van der Waals surface area contributed by atoms with Crippen LogP contribution in [0.5, 0.6) is 0 Å². The number of furan rings is 1. The van der Waals surface area contributed by atoms with E-state index in [0.29, 0.717) is 12.3 Å². The van der Waals surface area contributed by atoms with E-state index in [0.717, 1.165) is 24.8 Å². The minimum atomic E-state index is -0.0767. The first-order valence-corrected chi connectivity index (χ1v) is 8.14. The molecule has 1 aliphatic heterocycles. The zero-order valence-corrected chi connectivity index (χ0v) is 14.2. The lowest BCUT2D eigenvalue weighted by Gasteiger charge is -2.43. The normalized spacial score (nSPS) is 20.5. The van der Waals surface area contributed by atoms with Gasteiger partial charge in [-0.05, 0) is 64.3 Å². The number of hydrogen-bond acceptors (Lipinski definition) is 3. The van der Waals surface area contributed by atoms with Crippen LogP contribution in [0.1, 0.15) is 45.1 Å². The molecule has 1 saturated heterocycles. The SMILES string of the molecule is Cc1ccc(/C=C/C(=O)NCC(C)(C)N2CCC[C@@H](C)C2)o1. The lowest BCUT2D eigenvalue weighted by Crippen LogP contribution is -2.54. The number of rotatable bonds is 5. The first-order valence-electron chi connectivity index (χ1n) is 8.14. The highest BCUT2D eigenvalue weighted by Crippen LogP contribution is 2.23. The molecule has 0 aromatic carbocycles. The van der Waals surface area contributed by atoms with Crippen LogP contribution >= 0.6 is 0 Å². The maximum atomic E-state index is 12.0. The van der Waals surface area contributed by atoms with E-state index < -0.39 is 0 Å². The molecule has 1 atom stereocenters. The summed E-state index contributed by atoms with van der Waals surface area (Å²) in [6.45, 7) is 11.5. The molecule has 1 aromatic rings. The molecule has 4 nitrogen and oxygen atoms in total. The lowest BCUT2D eigenvalue weighted by molar-refractivity contribution is -0.117. The second-order valence-electron chi connectivity index (χ2n) is 7.01. The van der Waals surface area contributed by atoms with Gasteiger partial charge in [0, 0.05) is 24.7 Å². The summed E-state index contributed by atoms with van der Waals surface area (Å²) in [4.78, 5) is 14.4. The van der Waals surface area contributed by atoms with Crippen molar-refractivity contribution in [1.29, 1.82) is 0 Å². The first-order chi connectivity index (χ1) is 10.4. The fraction of sp³-hybridized carbons (Fsp3) is 0.611. The molecule has 0 spiro atoms. The number of likely N-dealkylation sites (tertiary alicyclic amines) is 1. The average Bonchev–Trinajstić information content (AvgIpc) is 2.89. The second kappa shape index (κ2) is 7.14. The predicted octanol–water partition coefficient (Wildman–Crippen LogP) is 3.23. The van der Waals surface area contributed by atoms with Crippen molar-refractivity contribution in [3.05, 3.63) is 29.7 Å². The van der Waals surface area contributed by atoms with Gasteiger partial charge in [0.05, 0.1) is 0 Å². The third kappa shape index (κ3) is 4.73. The lowest BCUT2D eigenvalue weighted by atomic mass is 9.93. The van der Waals surface area contributed by atoms with Crippen molar-refractivity contribution < 1.29 is 9.21 Å². The highest BCUT2D eigenvalue weighted by atomic mass is 16.3. The summed E-state index contributed by atoms with van der Waals surface area (Å²) in [5.41, 5.74) is -0.0144. The van der Waals surface area contributed by atoms with Crippen LogP contribution in [0.3, 0.4) is 0 Å². The van der Waals surface area contributed by atoms with Crippen LogP contribution in [0, 0.1) is 12.8 Å². The Morgan fingerprint density at radius 2 is 2.27 bits per heavy atom. The van der Waals surface area contributed by atoms with Crippen molar-refractivity contribution in [3.8, 4) is 0 Å². The second-order valence-corrected chi connectivity index (χ2v) is 7.01. The summed E-state index contributed by atoms with van der Waals surface area (Å²) in [5, 5.41) is 3.00. The molecule has 0 bridgehead atoms. The van der Waals surface area contributed by atoms with Crippen molar-refractivity contribution in [3.63, 3.8) is 0 Å². The molecular weight excluding hydrogens is 276 g/mol. The quantitative estimate of drug-likeness (QED) is 0.850. The average molecular weight is 304 g/mol. The zero-order chi connectivity index (χ0) is 16.2. The first kappa shape index (κ1) is 16.8. The number of piperidine rings is 1. The van der Waals surface area contributed by atoms with E-state index in [4.69, 9.17) is 4.42 Å². The Morgan fingerprint density at radius 3 is 2.91 bits per heavy atom. The highest BCUT2D eigenvalue weighted by molar-refractivity contribution is 5.91. The standard InChI is InChI=1S/C18H28N2O2/c1-14-6-5-11-20(12-14)18(3,4)13-19-17(21)10-9-16-8-7-15(2)22-16/h7-10,14H,5-6,11-13H2,1-4H3,(H,19,21)/b10-9+/t14-/m1/s1. The van der Waals surface area contributed by atoms with Crippen molar-refractivity contribution in [2.45, 2.75) is 46.1 Å². The van der Waals surface area contributed by atoms with E-state index in [9.17, 15) is 4.79 Å². The van der Waals surface area contributed by atoms with Crippen LogP contribution in [0.15, 0.2) is 22.6 Å². The Bertz CT molecular complexity index is 531. The molecule has 0 aliphatic carbocycles. The molecule has 2 rings (SSSR count). The molecule has 1 fully saturated rings. The number of carbonyl (C=O) groups excluding carboxylic acids is 1. The maximum Gasteiger partial charge on any atom is 0.244 e. The van der Waals surface area contributed by atoms with Gasteiger partial charge >= 0.3 is 0 Å². The van der Waals surface area contributed by atoms with Crippen LogP contribution in [0.4, 0.5) is 0 Å². The molecule has 122 valence electrons. The molecule has 22 heavy (non-hydrogen) atoms. The Kier molecular flexibility index (Phi) is 5.46. The molecule has 2 heterocycles. The Hall–Kier alpha value is -1.55. The summed E-state index contributed by atoms with van der Waals surface area (Å²) in [6.07, 6.45) is 5.80. The number of amides is 1. The largest absolute Gasteiger partial charge is 0.462 e. The highest BCUT2D eigenvalue weighted by Gasteiger charge is 2.30. The molecule has 4 heteroatoms. The van der Waals surface area contributed by atoms with Gasteiger partial charge in [0.1, 0.15) is 11.5 Å². The van der Waals surface area contributed by atoms with Crippen molar-refractivity contribution in [2.75, 3.05) is 19.6 Å². The zero-order valence-electron chi connectivity index (χ0n) is 14.2. The van der Waals surface area contributed by atoms with Gasteiger partial charge in [0.15, 0.2) is 0 Å². The van der Waals surface area contributed by atoms with Crippen molar-refractivity contribution >= 4 is 12.0 Å². The van der Waals surface area contributed by atoms with Crippen LogP contribution in [0.25, 0.3) is 6.08 Å². The summed E-state index contributed by atoms with van der Waals surface area (Å²) in [7, 11) is 0. The van der Waals surface area contributed by atoms with Gasteiger partial charge in [-0.15, -0.1) is 0 Å². The van der Waals surface area contributed by atoms with E-state index in [1.165, 1.54) is 18.9 Å². The van der Waals surface area contributed by atoms with E-state index >= 15 is 0 Å². The molecule has 0 saturated carbocycles.